The minimum atomic E-state index is -0.422. The number of hydrogen-bond acceptors (Lipinski definition) is 3. The Labute approximate surface area is 203 Å². The van der Waals surface area contributed by atoms with Crippen molar-refractivity contribution in [3.05, 3.63) is 83.4 Å². The molecular formula is C31H33NO2+. The Hall–Kier alpha value is -3.53. The Morgan fingerprint density at radius 1 is 0.824 bits per heavy atom. The van der Waals surface area contributed by atoms with E-state index in [0.29, 0.717) is 12.1 Å². The smallest absolute Gasteiger partial charge is 0.195 e. The SMILES string of the molecule is CCCCCCCCCC#CC#Cc1ccc(C(=[O+])ONCc2cccc3ccccc23)cc1. The molecule has 0 atom stereocenters. The van der Waals surface area contributed by atoms with E-state index in [0.717, 1.165) is 34.7 Å². The first-order valence-corrected chi connectivity index (χ1v) is 12.3. The summed E-state index contributed by atoms with van der Waals surface area (Å²) in [6.45, 7) is 2.68. The molecule has 0 unspecified atom stereocenters. The monoisotopic (exact) mass is 451 g/mol. The van der Waals surface area contributed by atoms with Crippen LogP contribution in [0.4, 0.5) is 0 Å². The Kier molecular flexibility index (Phi) is 10.8. The topological polar surface area (TPSA) is 41.2 Å². The van der Waals surface area contributed by atoms with Crippen molar-refractivity contribution in [3.8, 4) is 23.7 Å². The standard InChI is InChI=1S/C31H33NO2/c1-2-3-4-5-6-7-8-9-10-11-12-16-26-21-23-28(24-22-26)31(33)34-32-25-29-19-15-18-27-17-13-14-20-30(27)29/h13-15,17-24,32H,2-9,25H2,1H3/q+1. The number of carbonyl (C=O) groups excluding carboxylic acids is 1. The molecule has 1 radical (unpaired) electrons. The van der Waals surface area contributed by atoms with Crippen molar-refractivity contribution in [2.45, 2.75) is 64.8 Å². The van der Waals surface area contributed by atoms with Gasteiger partial charge in [-0.2, -0.15) is 4.84 Å². The fourth-order valence-electron chi connectivity index (χ4n) is 3.76. The van der Waals surface area contributed by atoms with E-state index in [1.807, 2.05) is 36.4 Å². The van der Waals surface area contributed by atoms with E-state index in [4.69, 9.17) is 4.84 Å². The van der Waals surface area contributed by atoms with Gasteiger partial charge in [0, 0.05) is 12.0 Å². The van der Waals surface area contributed by atoms with E-state index in [1.165, 1.54) is 38.5 Å². The molecule has 0 aromatic heterocycles. The first-order chi connectivity index (χ1) is 16.8. The normalized spacial score (nSPS) is 10.1. The van der Waals surface area contributed by atoms with Crippen LogP contribution in [-0.4, -0.2) is 5.97 Å². The van der Waals surface area contributed by atoms with Gasteiger partial charge in [-0.1, -0.05) is 99.8 Å². The maximum absolute atomic E-state index is 12.3. The maximum atomic E-state index is 12.3. The van der Waals surface area contributed by atoms with Crippen LogP contribution in [0.1, 0.15) is 79.8 Å². The number of fused-ring (bicyclic) bond motifs is 1. The van der Waals surface area contributed by atoms with Gasteiger partial charge >= 0.3 is 5.97 Å². The molecule has 34 heavy (non-hydrogen) atoms. The van der Waals surface area contributed by atoms with E-state index >= 15 is 0 Å². The molecule has 0 aliphatic rings. The van der Waals surface area contributed by atoms with Gasteiger partial charge in [-0.05, 0) is 64.3 Å². The predicted molar refractivity (Wildman–Crippen MR) is 140 cm³/mol. The zero-order chi connectivity index (χ0) is 23.8. The highest BCUT2D eigenvalue weighted by atomic mass is 16.7. The maximum Gasteiger partial charge on any atom is 0.630 e. The second-order valence-electron chi connectivity index (χ2n) is 8.35. The molecule has 0 saturated heterocycles. The summed E-state index contributed by atoms with van der Waals surface area (Å²) in [6.07, 6.45) is 9.93. The third-order valence-electron chi connectivity index (χ3n) is 5.69. The van der Waals surface area contributed by atoms with Gasteiger partial charge in [0.05, 0.1) is 11.3 Å². The lowest BCUT2D eigenvalue weighted by Crippen LogP contribution is -2.19. The molecule has 0 heterocycles. The fourth-order valence-corrected chi connectivity index (χ4v) is 3.76. The predicted octanol–water partition coefficient (Wildman–Crippen LogP) is 7.20. The number of hydrogen-bond donors (Lipinski definition) is 1. The van der Waals surface area contributed by atoms with Gasteiger partial charge in [-0.3, -0.25) is 0 Å². The van der Waals surface area contributed by atoms with Crippen molar-refractivity contribution >= 4 is 16.7 Å². The van der Waals surface area contributed by atoms with Crippen LogP contribution in [0.5, 0.6) is 0 Å². The molecule has 3 aromatic carbocycles. The van der Waals surface area contributed by atoms with E-state index in [1.54, 1.807) is 12.1 Å². The quantitative estimate of drug-likeness (QED) is 0.145. The molecule has 0 amide bonds. The summed E-state index contributed by atoms with van der Waals surface area (Å²) in [5.41, 5.74) is 5.16. The van der Waals surface area contributed by atoms with Crippen LogP contribution >= 0.6 is 0 Å². The van der Waals surface area contributed by atoms with Crippen molar-refractivity contribution < 1.29 is 9.63 Å². The molecular weight excluding hydrogens is 418 g/mol. The molecule has 3 rings (SSSR count). The van der Waals surface area contributed by atoms with Crippen LogP contribution in [-0.2, 0) is 11.4 Å². The summed E-state index contributed by atoms with van der Waals surface area (Å²) in [6, 6.07) is 21.3. The van der Waals surface area contributed by atoms with E-state index in [-0.39, 0.29) is 0 Å². The highest BCUT2D eigenvalue weighted by Gasteiger charge is 2.21. The molecule has 0 spiro atoms. The van der Waals surface area contributed by atoms with Gasteiger partial charge in [-0.25, -0.2) is 0 Å². The third kappa shape index (κ3) is 8.43. The minimum absolute atomic E-state index is 0.422. The summed E-state index contributed by atoms with van der Waals surface area (Å²) in [4.78, 5) is 17.6. The number of nitrogens with one attached hydrogen (secondary N) is 1. The van der Waals surface area contributed by atoms with Crippen LogP contribution in [0.15, 0.2) is 66.7 Å². The van der Waals surface area contributed by atoms with Crippen molar-refractivity contribution in [3.63, 3.8) is 0 Å². The molecule has 0 bridgehead atoms. The van der Waals surface area contributed by atoms with E-state index in [2.05, 4.69) is 54.3 Å². The Balaban J connectivity index is 1.39. The van der Waals surface area contributed by atoms with Gasteiger partial charge in [0.25, 0.3) is 0 Å². The van der Waals surface area contributed by atoms with Crippen molar-refractivity contribution in [1.82, 2.24) is 5.48 Å². The molecule has 3 heteroatoms. The van der Waals surface area contributed by atoms with Crippen LogP contribution in [0, 0.1) is 23.7 Å². The van der Waals surface area contributed by atoms with Crippen molar-refractivity contribution in [2.24, 2.45) is 0 Å². The Morgan fingerprint density at radius 3 is 2.38 bits per heavy atom. The number of unbranched alkanes of at least 4 members (excludes halogenated alkanes) is 7. The first kappa shape index (κ1) is 25.1. The molecule has 0 saturated carbocycles. The summed E-state index contributed by atoms with van der Waals surface area (Å²) < 4.78 is 0. The van der Waals surface area contributed by atoms with Crippen LogP contribution in [0.3, 0.4) is 0 Å². The second kappa shape index (κ2) is 14.6. The lowest BCUT2D eigenvalue weighted by atomic mass is 10.1. The molecule has 173 valence electrons. The molecule has 3 nitrogen and oxygen atoms in total. The average molecular weight is 452 g/mol. The zero-order valence-corrected chi connectivity index (χ0v) is 20.0. The highest BCUT2D eigenvalue weighted by Crippen LogP contribution is 2.18. The van der Waals surface area contributed by atoms with E-state index < -0.39 is 5.97 Å². The third-order valence-corrected chi connectivity index (χ3v) is 5.69. The summed E-state index contributed by atoms with van der Waals surface area (Å²) in [7, 11) is 0. The summed E-state index contributed by atoms with van der Waals surface area (Å²) in [5, 5.41) is 2.30. The summed E-state index contributed by atoms with van der Waals surface area (Å²) in [5.74, 6) is 11.6. The lowest BCUT2D eigenvalue weighted by molar-refractivity contribution is 0.0238. The first-order valence-electron chi connectivity index (χ1n) is 12.3. The van der Waals surface area contributed by atoms with Gasteiger partial charge in [0.2, 0.25) is 0 Å². The number of benzene rings is 3. The van der Waals surface area contributed by atoms with Crippen molar-refractivity contribution in [2.75, 3.05) is 0 Å². The van der Waals surface area contributed by atoms with E-state index in [9.17, 15) is 4.79 Å². The molecule has 1 N–H and O–H groups in total. The highest BCUT2D eigenvalue weighted by molar-refractivity contribution is 5.89. The average Bonchev–Trinajstić information content (AvgIpc) is 2.87. The second-order valence-corrected chi connectivity index (χ2v) is 8.35. The minimum Gasteiger partial charge on any atom is -0.195 e. The fraction of sp³-hybridized carbons (Fsp3) is 0.323. The number of rotatable bonds is 11. The molecule has 0 aliphatic heterocycles. The number of hydroxylamine groups is 1. The Bertz CT molecular complexity index is 1170. The van der Waals surface area contributed by atoms with Crippen LogP contribution in [0.25, 0.3) is 10.8 Å². The van der Waals surface area contributed by atoms with Crippen molar-refractivity contribution in [1.29, 1.82) is 0 Å². The molecule has 0 fully saturated rings. The molecule has 0 aliphatic carbocycles. The number of carbonyl (C=O) groups is 1. The summed E-state index contributed by atoms with van der Waals surface area (Å²) >= 11 is 0. The van der Waals surface area contributed by atoms with Gasteiger partial charge in [0.1, 0.15) is 5.56 Å². The van der Waals surface area contributed by atoms with Crippen LogP contribution in [0.2, 0.25) is 0 Å². The van der Waals surface area contributed by atoms with Crippen LogP contribution < -0.4 is 5.48 Å². The zero-order valence-electron chi connectivity index (χ0n) is 20.0. The van der Waals surface area contributed by atoms with Gasteiger partial charge < -0.3 is 0 Å². The lowest BCUT2D eigenvalue weighted by Gasteiger charge is -2.04. The largest absolute Gasteiger partial charge is 0.630 e. The van der Waals surface area contributed by atoms with Gasteiger partial charge in [0.15, 0.2) is 0 Å². The molecule has 3 aromatic rings. The van der Waals surface area contributed by atoms with Gasteiger partial charge in [-0.15, -0.1) is 0 Å². The Morgan fingerprint density at radius 2 is 1.56 bits per heavy atom.